The van der Waals surface area contributed by atoms with E-state index in [1.807, 2.05) is 0 Å². The minimum Gasteiger partial charge on any atom is -0.345 e. The monoisotopic (exact) mass is 750 g/mol. The molecule has 0 atom stereocenters. The van der Waals surface area contributed by atoms with Crippen molar-refractivity contribution in [1.82, 2.24) is 0 Å². The first-order valence-electron chi connectivity index (χ1n) is 20.4. The molecule has 0 saturated carbocycles. The molecule has 0 N–H and O–H groups in total. The second-order valence-electron chi connectivity index (χ2n) is 15.8. The van der Waals surface area contributed by atoms with Crippen molar-refractivity contribution in [2.75, 3.05) is 16.8 Å². The summed E-state index contributed by atoms with van der Waals surface area (Å²) in [6, 6.07) is 78.3. The molecule has 0 spiro atoms. The van der Waals surface area contributed by atoms with Crippen molar-refractivity contribution < 1.29 is 0 Å². The second-order valence-corrected chi connectivity index (χ2v) is 15.8. The topological polar surface area (TPSA) is 6.48 Å². The molecule has 59 heavy (non-hydrogen) atoms. The highest BCUT2D eigenvalue weighted by molar-refractivity contribution is 6.39. The van der Waals surface area contributed by atoms with Crippen LogP contribution in [0.2, 0.25) is 0 Å². The zero-order valence-corrected chi connectivity index (χ0v) is 32.6. The van der Waals surface area contributed by atoms with Gasteiger partial charge in [0, 0.05) is 35.5 Å². The quantitative estimate of drug-likeness (QED) is 0.162. The molecule has 0 aliphatic heterocycles. The molecule has 0 aliphatic carbocycles. The number of anilines is 5. The van der Waals surface area contributed by atoms with Gasteiger partial charge in [0.15, 0.2) is 0 Å². The maximum atomic E-state index is 2.42. The van der Waals surface area contributed by atoms with Crippen LogP contribution < -0.4 is 9.80 Å². The number of fused-ring (bicyclic) bond motifs is 14. The van der Waals surface area contributed by atoms with Crippen LogP contribution in [0.25, 0.3) is 86.2 Å². The van der Waals surface area contributed by atoms with E-state index >= 15 is 0 Å². The molecule has 0 saturated heterocycles. The van der Waals surface area contributed by atoms with Crippen molar-refractivity contribution in [3.05, 3.63) is 212 Å². The smallest absolute Gasteiger partial charge is 0.0468 e. The van der Waals surface area contributed by atoms with Gasteiger partial charge in [0.1, 0.15) is 0 Å². The summed E-state index contributed by atoms with van der Waals surface area (Å²) < 4.78 is 0. The predicted octanol–water partition coefficient (Wildman–Crippen LogP) is 16.1. The highest BCUT2D eigenvalue weighted by Crippen LogP contribution is 2.47. The number of nitrogens with zero attached hydrogens (tertiary/aromatic N) is 2. The van der Waals surface area contributed by atoms with Crippen LogP contribution in [0, 0.1) is 0 Å². The van der Waals surface area contributed by atoms with Gasteiger partial charge >= 0.3 is 0 Å². The molecule has 12 aromatic carbocycles. The van der Waals surface area contributed by atoms with E-state index in [0.717, 1.165) is 22.7 Å². The summed E-state index contributed by atoms with van der Waals surface area (Å²) in [5, 5.41) is 20.1. The van der Waals surface area contributed by atoms with Crippen molar-refractivity contribution in [3.63, 3.8) is 0 Å². The normalized spacial score (nSPS) is 11.8. The van der Waals surface area contributed by atoms with E-state index in [1.54, 1.807) is 0 Å². The number of hydrogen-bond acceptors (Lipinski definition) is 2. The number of hydrogen-bond donors (Lipinski definition) is 0. The largest absolute Gasteiger partial charge is 0.345 e. The fraction of sp³-hybridized carbons (Fsp3) is 0.0175. The lowest BCUT2D eigenvalue weighted by molar-refractivity contribution is 1.22. The average Bonchev–Trinajstić information content (AvgIpc) is 3.30. The Bertz CT molecular complexity index is 3580. The molecule has 12 rings (SSSR count). The predicted molar refractivity (Wildman–Crippen MR) is 256 cm³/mol. The Morgan fingerprint density at radius 3 is 1.03 bits per heavy atom. The van der Waals surface area contributed by atoms with Crippen molar-refractivity contribution in [3.8, 4) is 0 Å². The van der Waals surface area contributed by atoms with Gasteiger partial charge in [0.2, 0.25) is 0 Å². The molecule has 0 unspecified atom stereocenters. The van der Waals surface area contributed by atoms with E-state index < -0.39 is 0 Å². The summed E-state index contributed by atoms with van der Waals surface area (Å²) in [4.78, 5) is 4.73. The number of rotatable bonds is 5. The van der Waals surface area contributed by atoms with Gasteiger partial charge in [-0.3, -0.25) is 0 Å². The third-order valence-corrected chi connectivity index (χ3v) is 12.5. The zero-order valence-electron chi connectivity index (χ0n) is 32.6. The van der Waals surface area contributed by atoms with Gasteiger partial charge in [-0.2, -0.15) is 0 Å². The fourth-order valence-electron chi connectivity index (χ4n) is 9.61. The molecule has 0 radical (unpaired) electrons. The summed E-state index contributed by atoms with van der Waals surface area (Å²) in [6.07, 6.45) is 0. The van der Waals surface area contributed by atoms with E-state index in [9.17, 15) is 0 Å². The minimum atomic E-state index is 1.12. The van der Waals surface area contributed by atoms with Crippen LogP contribution in [0.1, 0.15) is 0 Å². The molecule has 2 nitrogen and oxygen atoms in total. The van der Waals surface area contributed by atoms with Crippen LogP contribution in [0.4, 0.5) is 28.4 Å². The minimum absolute atomic E-state index is 1.12. The molecule has 12 aromatic rings. The van der Waals surface area contributed by atoms with E-state index in [4.69, 9.17) is 0 Å². The van der Waals surface area contributed by atoms with Gasteiger partial charge in [0.25, 0.3) is 0 Å². The zero-order chi connectivity index (χ0) is 39.0. The molecule has 0 amide bonds. The fourth-order valence-corrected chi connectivity index (χ4v) is 9.61. The van der Waals surface area contributed by atoms with E-state index in [-0.39, 0.29) is 0 Å². The van der Waals surface area contributed by atoms with Crippen LogP contribution in [0.15, 0.2) is 212 Å². The van der Waals surface area contributed by atoms with Gasteiger partial charge < -0.3 is 9.80 Å². The lowest BCUT2D eigenvalue weighted by Gasteiger charge is -2.27. The molecule has 0 aliphatic rings. The van der Waals surface area contributed by atoms with Crippen LogP contribution in [0.5, 0.6) is 0 Å². The third kappa shape index (κ3) is 5.34. The Morgan fingerprint density at radius 2 is 0.542 bits per heavy atom. The SMILES string of the molecule is CN(c1ccc2ccccc2c1)c1ccc2c(c1)c1ccccc1c1c3ccc(N(c4ccc5ccccc5c4)c4ccc5ccccc5c4)cc3c3ccccc3c21. The van der Waals surface area contributed by atoms with Gasteiger partial charge in [-0.15, -0.1) is 0 Å². The molecule has 2 heteroatoms. The number of benzene rings is 12. The molecular weight excluding hydrogens is 713 g/mol. The highest BCUT2D eigenvalue weighted by atomic mass is 15.1. The van der Waals surface area contributed by atoms with E-state index in [2.05, 4.69) is 229 Å². The van der Waals surface area contributed by atoms with Gasteiger partial charge in [-0.05, 0) is 147 Å². The Balaban J connectivity index is 1.10. The van der Waals surface area contributed by atoms with Crippen LogP contribution in [-0.2, 0) is 0 Å². The molecule has 0 fully saturated rings. The summed E-state index contributed by atoms with van der Waals surface area (Å²) in [6.45, 7) is 0. The van der Waals surface area contributed by atoms with Crippen LogP contribution in [0.3, 0.4) is 0 Å². The summed E-state index contributed by atoms with van der Waals surface area (Å²) in [5.41, 5.74) is 5.71. The van der Waals surface area contributed by atoms with Crippen molar-refractivity contribution in [2.24, 2.45) is 0 Å². The highest BCUT2D eigenvalue weighted by Gasteiger charge is 2.20. The Hall–Kier alpha value is -7.68. The van der Waals surface area contributed by atoms with Gasteiger partial charge in [0.05, 0.1) is 0 Å². The van der Waals surface area contributed by atoms with Gasteiger partial charge in [-0.25, -0.2) is 0 Å². The molecule has 0 heterocycles. The van der Waals surface area contributed by atoms with E-state index in [0.29, 0.717) is 0 Å². The Kier molecular flexibility index (Phi) is 7.48. The first-order valence-corrected chi connectivity index (χ1v) is 20.4. The lowest BCUT2D eigenvalue weighted by atomic mass is 9.87. The van der Waals surface area contributed by atoms with Crippen molar-refractivity contribution >= 4 is 115 Å². The van der Waals surface area contributed by atoms with Crippen LogP contribution >= 0.6 is 0 Å². The van der Waals surface area contributed by atoms with Crippen molar-refractivity contribution in [2.45, 2.75) is 0 Å². The average molecular weight is 751 g/mol. The third-order valence-electron chi connectivity index (χ3n) is 12.5. The second kappa shape index (κ2) is 13.2. The van der Waals surface area contributed by atoms with Crippen LogP contribution in [-0.4, -0.2) is 7.05 Å². The Morgan fingerprint density at radius 1 is 0.237 bits per heavy atom. The molecule has 0 aromatic heterocycles. The molecular formula is C57H38N2. The molecule has 0 bridgehead atoms. The van der Waals surface area contributed by atoms with E-state index in [1.165, 1.54) is 91.9 Å². The maximum absolute atomic E-state index is 2.42. The maximum Gasteiger partial charge on any atom is 0.0468 e. The molecule has 276 valence electrons. The van der Waals surface area contributed by atoms with Gasteiger partial charge in [-0.1, -0.05) is 152 Å². The first kappa shape index (κ1) is 33.5. The summed E-state index contributed by atoms with van der Waals surface area (Å²) in [5.74, 6) is 0. The Labute approximate surface area is 342 Å². The first-order chi connectivity index (χ1) is 29.2. The van der Waals surface area contributed by atoms with Crippen molar-refractivity contribution in [1.29, 1.82) is 0 Å². The lowest BCUT2D eigenvalue weighted by Crippen LogP contribution is -2.10. The summed E-state index contributed by atoms with van der Waals surface area (Å²) >= 11 is 0. The standard InChI is InChI=1S/C57H38N2/c1-58(43-25-22-37-12-2-5-15-40(37)32-43)44-28-30-52-54(35-44)48-18-8-10-20-50(48)57-53-31-29-47(36-55(53)49-19-9-11-21-51(49)56(52)57)59(45-26-23-38-13-3-6-16-41(38)33-45)46-27-24-39-14-4-7-17-42(39)34-46/h2-36H,1H3. The summed E-state index contributed by atoms with van der Waals surface area (Å²) in [7, 11) is 2.17.